The van der Waals surface area contributed by atoms with Crippen LogP contribution in [0.2, 0.25) is 0 Å². The number of nitrogens with one attached hydrogen (secondary N) is 1. The molecule has 1 aromatic heterocycles. The lowest BCUT2D eigenvalue weighted by molar-refractivity contribution is 0.0613. The van der Waals surface area contributed by atoms with Crippen molar-refractivity contribution < 1.29 is 5.11 Å². The van der Waals surface area contributed by atoms with Gasteiger partial charge in [0.1, 0.15) is 0 Å². The van der Waals surface area contributed by atoms with Gasteiger partial charge >= 0.3 is 0 Å². The van der Waals surface area contributed by atoms with Crippen LogP contribution >= 0.6 is 24.8 Å². The summed E-state index contributed by atoms with van der Waals surface area (Å²) in [5.74, 6) is 0.403. The molecule has 114 valence electrons. The first kappa shape index (κ1) is 16.3. The van der Waals surface area contributed by atoms with Crippen LogP contribution in [-0.2, 0) is 0 Å². The summed E-state index contributed by atoms with van der Waals surface area (Å²) >= 11 is 0. The summed E-state index contributed by atoms with van der Waals surface area (Å²) in [6.45, 7) is 1.87. The fourth-order valence-corrected chi connectivity index (χ4v) is 3.18. The summed E-state index contributed by atoms with van der Waals surface area (Å²) in [6.07, 6.45) is 4.32. The maximum Gasteiger partial charge on any atom is 0.0956 e. The molecule has 0 aliphatic carbocycles. The van der Waals surface area contributed by atoms with Crippen LogP contribution in [0.25, 0.3) is 11.3 Å². The Morgan fingerprint density at radius 1 is 1.29 bits per heavy atom. The topological polar surface area (TPSA) is 50.1 Å². The highest BCUT2D eigenvalue weighted by Gasteiger charge is 2.33. The molecule has 0 bridgehead atoms. The zero-order chi connectivity index (χ0) is 12.8. The van der Waals surface area contributed by atoms with E-state index in [0.29, 0.717) is 5.92 Å². The third kappa shape index (κ3) is 2.57. The zero-order valence-corrected chi connectivity index (χ0v) is 13.1. The maximum absolute atomic E-state index is 10.3. The highest BCUT2D eigenvalue weighted by atomic mass is 35.5. The summed E-state index contributed by atoms with van der Waals surface area (Å²) < 4.78 is 2.19. The largest absolute Gasteiger partial charge is 0.393 e. The Bertz CT molecular complexity index is 612. The Morgan fingerprint density at radius 2 is 2.05 bits per heavy atom. The van der Waals surface area contributed by atoms with Gasteiger partial charge in [0, 0.05) is 24.6 Å². The third-order valence-electron chi connectivity index (χ3n) is 4.42. The summed E-state index contributed by atoms with van der Waals surface area (Å²) in [6, 6.07) is 8.66. The highest BCUT2D eigenvalue weighted by Crippen LogP contribution is 2.41. The normalized spacial score (nSPS) is 20.5. The molecule has 2 aliphatic heterocycles. The number of aliphatic hydroxyl groups is 1. The van der Waals surface area contributed by atoms with E-state index in [0.717, 1.165) is 19.5 Å². The van der Waals surface area contributed by atoms with Gasteiger partial charge in [-0.15, -0.1) is 24.8 Å². The Morgan fingerprint density at radius 3 is 2.76 bits per heavy atom. The molecule has 0 amide bonds. The van der Waals surface area contributed by atoms with Crippen LogP contribution in [0.1, 0.15) is 18.0 Å². The fourth-order valence-electron chi connectivity index (χ4n) is 3.18. The van der Waals surface area contributed by atoms with Crippen molar-refractivity contribution in [2.24, 2.45) is 5.92 Å². The van der Waals surface area contributed by atoms with E-state index >= 15 is 0 Å². The van der Waals surface area contributed by atoms with E-state index < -0.39 is 0 Å². The minimum Gasteiger partial charge on any atom is -0.393 e. The molecule has 1 fully saturated rings. The summed E-state index contributed by atoms with van der Waals surface area (Å²) in [7, 11) is 0. The zero-order valence-electron chi connectivity index (χ0n) is 11.5. The van der Waals surface area contributed by atoms with Crippen LogP contribution in [0.3, 0.4) is 0 Å². The van der Waals surface area contributed by atoms with Gasteiger partial charge in [0.2, 0.25) is 0 Å². The van der Waals surface area contributed by atoms with Crippen molar-refractivity contribution in [3.8, 4) is 11.3 Å². The van der Waals surface area contributed by atoms with E-state index in [1.54, 1.807) is 0 Å². The van der Waals surface area contributed by atoms with E-state index in [1.807, 2.05) is 12.5 Å². The molecule has 6 heteroatoms. The number of aromatic nitrogens is 2. The van der Waals surface area contributed by atoms with Crippen LogP contribution < -0.4 is 5.32 Å². The molecule has 2 N–H and O–H groups in total. The lowest BCUT2D eigenvalue weighted by atomic mass is 9.89. The fraction of sp³-hybridized carbons (Fsp3) is 0.400. The molecular formula is C15H19Cl2N3O. The minimum absolute atomic E-state index is 0. The molecule has 21 heavy (non-hydrogen) atoms. The average molecular weight is 328 g/mol. The molecular weight excluding hydrogens is 309 g/mol. The summed E-state index contributed by atoms with van der Waals surface area (Å²) in [4.78, 5) is 4.25. The van der Waals surface area contributed by atoms with Gasteiger partial charge in [-0.25, -0.2) is 4.98 Å². The van der Waals surface area contributed by atoms with Gasteiger partial charge in [0.15, 0.2) is 0 Å². The first-order chi connectivity index (χ1) is 9.34. The molecule has 0 saturated carbocycles. The number of fused-ring (bicyclic) bond motifs is 3. The summed E-state index contributed by atoms with van der Waals surface area (Å²) in [5, 5.41) is 13.6. The Hall–Kier alpha value is -1.07. The Labute approximate surface area is 136 Å². The SMILES string of the molecule is Cl.Cl.OC(CC1c2ccccc2-c2cncn21)C1CNC1. The predicted molar refractivity (Wildman–Crippen MR) is 87.3 cm³/mol. The quantitative estimate of drug-likeness (QED) is 0.909. The molecule has 1 saturated heterocycles. The van der Waals surface area contributed by atoms with Gasteiger partial charge in [-0.3, -0.25) is 0 Å². The van der Waals surface area contributed by atoms with Gasteiger partial charge in [-0.05, 0) is 12.0 Å². The number of benzene rings is 1. The predicted octanol–water partition coefficient (Wildman–Crippen LogP) is 2.27. The van der Waals surface area contributed by atoms with Crippen molar-refractivity contribution >= 4 is 24.8 Å². The van der Waals surface area contributed by atoms with E-state index in [-0.39, 0.29) is 37.0 Å². The number of nitrogens with zero attached hydrogens (tertiary/aromatic N) is 2. The Balaban J connectivity index is 0.000000807. The number of hydrogen-bond donors (Lipinski definition) is 2. The smallest absolute Gasteiger partial charge is 0.0956 e. The highest BCUT2D eigenvalue weighted by molar-refractivity contribution is 5.85. The van der Waals surface area contributed by atoms with E-state index in [9.17, 15) is 5.11 Å². The second kappa shape index (κ2) is 6.36. The molecule has 4 rings (SSSR count). The molecule has 2 unspecified atom stereocenters. The molecule has 2 aromatic rings. The van der Waals surface area contributed by atoms with Crippen LogP contribution in [-0.4, -0.2) is 33.9 Å². The van der Waals surface area contributed by atoms with Crippen molar-refractivity contribution in [2.45, 2.75) is 18.6 Å². The lowest BCUT2D eigenvalue weighted by Gasteiger charge is -2.33. The van der Waals surface area contributed by atoms with Crippen LogP contribution in [0.4, 0.5) is 0 Å². The Kier molecular flexibility index (Phi) is 4.94. The second-order valence-corrected chi connectivity index (χ2v) is 5.51. The van der Waals surface area contributed by atoms with Gasteiger partial charge in [-0.2, -0.15) is 0 Å². The monoisotopic (exact) mass is 327 g/mol. The number of hydrogen-bond acceptors (Lipinski definition) is 3. The summed E-state index contributed by atoms with van der Waals surface area (Å²) in [5.41, 5.74) is 3.73. The number of imidazole rings is 1. The second-order valence-electron chi connectivity index (χ2n) is 5.51. The van der Waals surface area contributed by atoms with Crippen LogP contribution in [0.5, 0.6) is 0 Å². The maximum atomic E-state index is 10.3. The van der Waals surface area contributed by atoms with Crippen molar-refractivity contribution in [2.75, 3.05) is 13.1 Å². The van der Waals surface area contributed by atoms with Gasteiger partial charge < -0.3 is 15.0 Å². The van der Waals surface area contributed by atoms with Gasteiger partial charge in [-0.1, -0.05) is 24.3 Å². The van der Waals surface area contributed by atoms with E-state index in [4.69, 9.17) is 0 Å². The van der Waals surface area contributed by atoms with Crippen molar-refractivity contribution in [3.63, 3.8) is 0 Å². The standard InChI is InChI=1S/C15H17N3O.2ClH/c19-15(10-6-16-7-10)5-13-11-3-1-2-4-12(11)14-8-17-9-18(13)14;;/h1-4,8-10,13,15-16,19H,5-7H2;2*1H. The third-order valence-corrected chi connectivity index (χ3v) is 4.42. The lowest BCUT2D eigenvalue weighted by Crippen LogP contribution is -2.48. The molecule has 2 atom stereocenters. The molecule has 0 spiro atoms. The number of rotatable bonds is 3. The van der Waals surface area contributed by atoms with Crippen LogP contribution in [0, 0.1) is 5.92 Å². The molecule has 3 heterocycles. The first-order valence-corrected chi connectivity index (χ1v) is 6.84. The van der Waals surface area contributed by atoms with Crippen molar-refractivity contribution in [1.29, 1.82) is 0 Å². The van der Waals surface area contributed by atoms with Gasteiger partial charge in [0.05, 0.1) is 30.4 Å². The van der Waals surface area contributed by atoms with E-state index in [1.165, 1.54) is 16.8 Å². The van der Waals surface area contributed by atoms with Crippen LogP contribution in [0.15, 0.2) is 36.8 Å². The molecule has 4 nitrogen and oxygen atoms in total. The number of aliphatic hydroxyl groups excluding tert-OH is 1. The first-order valence-electron chi connectivity index (χ1n) is 6.84. The van der Waals surface area contributed by atoms with Gasteiger partial charge in [0.25, 0.3) is 0 Å². The average Bonchev–Trinajstić information content (AvgIpc) is 2.91. The van der Waals surface area contributed by atoms with E-state index in [2.05, 4.69) is 39.1 Å². The molecule has 1 aromatic carbocycles. The molecule has 0 radical (unpaired) electrons. The van der Waals surface area contributed by atoms with Crippen molar-refractivity contribution in [3.05, 3.63) is 42.4 Å². The number of halogens is 2. The minimum atomic E-state index is -0.243. The van der Waals surface area contributed by atoms with Crippen molar-refractivity contribution in [1.82, 2.24) is 14.9 Å². The molecule has 2 aliphatic rings.